The molecule has 1 heterocycles. The number of nitrogens with two attached hydrogens (primary N) is 1. The molecule has 0 spiro atoms. The van der Waals surface area contributed by atoms with Crippen molar-refractivity contribution in [3.05, 3.63) is 35.9 Å². The molecule has 0 aromatic heterocycles. The van der Waals surface area contributed by atoms with Gasteiger partial charge < -0.3 is 10.6 Å². The van der Waals surface area contributed by atoms with E-state index >= 15 is 0 Å². The van der Waals surface area contributed by atoms with Crippen molar-refractivity contribution >= 4 is 0 Å². The van der Waals surface area contributed by atoms with E-state index in [0.29, 0.717) is 0 Å². The van der Waals surface area contributed by atoms with Crippen LogP contribution in [0.4, 0.5) is 0 Å². The largest absolute Gasteiger partial charge is 0.329 e. The Morgan fingerprint density at radius 2 is 1.92 bits per heavy atom. The molecule has 2 heteroatoms. The summed E-state index contributed by atoms with van der Waals surface area (Å²) < 4.78 is 0. The molecule has 1 aromatic rings. The molecule has 1 aliphatic heterocycles. The second-order valence-electron chi connectivity index (χ2n) is 4.02. The average molecular weight is 176 g/mol. The minimum Gasteiger partial charge on any atom is -0.329 e. The zero-order valence-electron chi connectivity index (χ0n) is 8.03. The van der Waals surface area contributed by atoms with Crippen molar-refractivity contribution < 1.29 is 0 Å². The number of hydrogen-bond donors (Lipinski definition) is 1. The first kappa shape index (κ1) is 8.73. The summed E-state index contributed by atoms with van der Waals surface area (Å²) in [5.74, 6) is 0. The lowest BCUT2D eigenvalue weighted by Gasteiger charge is -2.48. The van der Waals surface area contributed by atoms with Crippen molar-refractivity contribution in [3.8, 4) is 0 Å². The molecule has 1 saturated heterocycles. The molecule has 1 aliphatic rings. The smallest absolute Gasteiger partial charge is 0.0329 e. The van der Waals surface area contributed by atoms with Gasteiger partial charge in [-0.25, -0.2) is 0 Å². The summed E-state index contributed by atoms with van der Waals surface area (Å²) >= 11 is 0. The number of likely N-dealkylation sites (N-methyl/N-ethyl adjacent to an activating group) is 1. The number of nitrogens with zero attached hydrogens (tertiary/aromatic N) is 1. The van der Waals surface area contributed by atoms with Crippen LogP contribution in [0.1, 0.15) is 5.56 Å². The van der Waals surface area contributed by atoms with Gasteiger partial charge in [-0.2, -0.15) is 0 Å². The molecule has 0 saturated carbocycles. The second kappa shape index (κ2) is 3.13. The third-order valence-corrected chi connectivity index (χ3v) is 2.92. The summed E-state index contributed by atoms with van der Waals surface area (Å²) in [6.45, 7) is 2.93. The van der Waals surface area contributed by atoms with Crippen LogP contribution in [0.15, 0.2) is 30.3 Å². The molecule has 2 nitrogen and oxygen atoms in total. The topological polar surface area (TPSA) is 29.3 Å². The Morgan fingerprint density at radius 3 is 2.38 bits per heavy atom. The van der Waals surface area contributed by atoms with Gasteiger partial charge in [0.2, 0.25) is 0 Å². The molecule has 2 rings (SSSR count). The van der Waals surface area contributed by atoms with Crippen molar-refractivity contribution in [3.63, 3.8) is 0 Å². The third kappa shape index (κ3) is 1.36. The SMILES string of the molecule is CN1CC(CN)(c2ccccc2)C1. The fraction of sp³-hybridized carbons (Fsp3) is 0.455. The fourth-order valence-corrected chi connectivity index (χ4v) is 2.21. The van der Waals surface area contributed by atoms with Gasteiger partial charge in [0, 0.05) is 25.0 Å². The van der Waals surface area contributed by atoms with Gasteiger partial charge in [0.15, 0.2) is 0 Å². The van der Waals surface area contributed by atoms with Gasteiger partial charge in [0.05, 0.1) is 0 Å². The van der Waals surface area contributed by atoms with Gasteiger partial charge in [-0.1, -0.05) is 30.3 Å². The monoisotopic (exact) mass is 176 g/mol. The lowest BCUT2D eigenvalue weighted by Crippen LogP contribution is -2.61. The Hall–Kier alpha value is -0.860. The van der Waals surface area contributed by atoms with E-state index < -0.39 is 0 Å². The minimum atomic E-state index is 0.232. The summed E-state index contributed by atoms with van der Waals surface area (Å²) in [6, 6.07) is 10.6. The van der Waals surface area contributed by atoms with E-state index in [1.807, 2.05) is 0 Å². The van der Waals surface area contributed by atoms with Crippen molar-refractivity contribution in [2.75, 3.05) is 26.7 Å². The highest BCUT2D eigenvalue weighted by Crippen LogP contribution is 2.32. The molecule has 13 heavy (non-hydrogen) atoms. The Balaban J connectivity index is 2.24. The van der Waals surface area contributed by atoms with E-state index in [1.165, 1.54) is 5.56 Å². The number of benzene rings is 1. The first-order valence-electron chi connectivity index (χ1n) is 4.71. The van der Waals surface area contributed by atoms with Crippen LogP contribution in [-0.2, 0) is 5.41 Å². The Bertz CT molecular complexity index is 275. The zero-order chi connectivity index (χ0) is 9.31. The second-order valence-corrected chi connectivity index (χ2v) is 4.02. The Morgan fingerprint density at radius 1 is 1.31 bits per heavy atom. The fourth-order valence-electron chi connectivity index (χ4n) is 2.21. The molecule has 0 atom stereocenters. The predicted octanol–water partition coefficient (Wildman–Crippen LogP) is 0.828. The summed E-state index contributed by atoms with van der Waals surface area (Å²) in [5.41, 5.74) is 7.45. The van der Waals surface area contributed by atoms with E-state index in [9.17, 15) is 0 Å². The van der Waals surface area contributed by atoms with Crippen LogP contribution in [0, 0.1) is 0 Å². The Labute approximate surface area is 79.4 Å². The summed E-state index contributed by atoms with van der Waals surface area (Å²) in [5, 5.41) is 0. The lowest BCUT2D eigenvalue weighted by atomic mass is 9.74. The zero-order valence-corrected chi connectivity index (χ0v) is 8.03. The molecule has 1 aromatic carbocycles. The number of hydrogen-bond acceptors (Lipinski definition) is 2. The van der Waals surface area contributed by atoms with Crippen molar-refractivity contribution in [2.45, 2.75) is 5.41 Å². The Kier molecular flexibility index (Phi) is 2.10. The maximum Gasteiger partial charge on any atom is 0.0329 e. The highest BCUT2D eigenvalue weighted by molar-refractivity contribution is 5.30. The highest BCUT2D eigenvalue weighted by Gasteiger charge is 2.40. The molecule has 1 fully saturated rings. The number of rotatable bonds is 2. The van der Waals surface area contributed by atoms with Crippen LogP contribution in [0.2, 0.25) is 0 Å². The highest BCUT2D eigenvalue weighted by atomic mass is 15.2. The summed E-state index contributed by atoms with van der Waals surface area (Å²) in [4.78, 5) is 2.31. The van der Waals surface area contributed by atoms with E-state index in [0.717, 1.165) is 19.6 Å². The number of likely N-dealkylation sites (tertiary alicyclic amines) is 1. The first-order chi connectivity index (χ1) is 6.27. The van der Waals surface area contributed by atoms with Crippen LogP contribution >= 0.6 is 0 Å². The van der Waals surface area contributed by atoms with Gasteiger partial charge in [-0.05, 0) is 12.6 Å². The molecular formula is C11H16N2. The van der Waals surface area contributed by atoms with Gasteiger partial charge >= 0.3 is 0 Å². The van der Waals surface area contributed by atoms with Crippen LogP contribution in [0.5, 0.6) is 0 Å². The van der Waals surface area contributed by atoms with Gasteiger partial charge in [0.1, 0.15) is 0 Å². The molecule has 0 aliphatic carbocycles. The van der Waals surface area contributed by atoms with E-state index in [1.54, 1.807) is 0 Å². The van der Waals surface area contributed by atoms with Crippen LogP contribution in [0.3, 0.4) is 0 Å². The molecule has 70 valence electrons. The van der Waals surface area contributed by atoms with E-state index in [2.05, 4.69) is 42.3 Å². The quantitative estimate of drug-likeness (QED) is 0.723. The first-order valence-corrected chi connectivity index (χ1v) is 4.71. The maximum atomic E-state index is 5.84. The standard InChI is InChI=1S/C11H16N2/c1-13-8-11(7-12,9-13)10-5-3-2-4-6-10/h2-6H,7-9,12H2,1H3. The summed E-state index contributed by atoms with van der Waals surface area (Å²) in [6.07, 6.45) is 0. The molecule has 0 bridgehead atoms. The van der Waals surface area contributed by atoms with Gasteiger partial charge in [-0.15, -0.1) is 0 Å². The predicted molar refractivity (Wildman–Crippen MR) is 54.7 cm³/mol. The molecule has 0 radical (unpaired) electrons. The average Bonchev–Trinajstić information content (AvgIpc) is 2.14. The normalized spacial score (nSPS) is 21.1. The van der Waals surface area contributed by atoms with Gasteiger partial charge in [-0.3, -0.25) is 0 Å². The van der Waals surface area contributed by atoms with Crippen molar-refractivity contribution in [1.82, 2.24) is 4.90 Å². The molecule has 2 N–H and O–H groups in total. The molecule has 0 unspecified atom stereocenters. The molecule has 0 amide bonds. The van der Waals surface area contributed by atoms with Crippen LogP contribution in [0.25, 0.3) is 0 Å². The lowest BCUT2D eigenvalue weighted by molar-refractivity contribution is 0.100. The summed E-state index contributed by atoms with van der Waals surface area (Å²) in [7, 11) is 2.14. The van der Waals surface area contributed by atoms with Crippen LogP contribution < -0.4 is 5.73 Å². The van der Waals surface area contributed by atoms with E-state index in [-0.39, 0.29) is 5.41 Å². The molecular weight excluding hydrogens is 160 g/mol. The van der Waals surface area contributed by atoms with Crippen molar-refractivity contribution in [2.24, 2.45) is 5.73 Å². The van der Waals surface area contributed by atoms with E-state index in [4.69, 9.17) is 5.73 Å². The van der Waals surface area contributed by atoms with Gasteiger partial charge in [0.25, 0.3) is 0 Å². The third-order valence-electron chi connectivity index (χ3n) is 2.92. The van der Waals surface area contributed by atoms with Crippen LogP contribution in [-0.4, -0.2) is 31.6 Å². The van der Waals surface area contributed by atoms with Crippen molar-refractivity contribution in [1.29, 1.82) is 0 Å². The minimum absolute atomic E-state index is 0.232. The maximum absolute atomic E-state index is 5.84.